The van der Waals surface area contributed by atoms with Crippen LogP contribution in [0.25, 0.3) is 0 Å². The van der Waals surface area contributed by atoms with E-state index in [1.54, 1.807) is 45.0 Å². The Labute approximate surface area is 148 Å². The summed E-state index contributed by atoms with van der Waals surface area (Å²) in [7, 11) is -3.32. The number of nitrogens with one attached hydrogen (secondary N) is 1. The highest BCUT2D eigenvalue weighted by Crippen LogP contribution is 2.44. The lowest BCUT2D eigenvalue weighted by Crippen LogP contribution is -2.41. The van der Waals surface area contributed by atoms with Crippen molar-refractivity contribution in [1.29, 1.82) is 0 Å². The van der Waals surface area contributed by atoms with E-state index in [0.717, 1.165) is 6.42 Å². The fourth-order valence-electron chi connectivity index (χ4n) is 2.76. The summed E-state index contributed by atoms with van der Waals surface area (Å²) in [6, 6.07) is 6.66. The van der Waals surface area contributed by atoms with E-state index < -0.39 is 26.0 Å². The first-order chi connectivity index (χ1) is 11.5. The van der Waals surface area contributed by atoms with Gasteiger partial charge in [0, 0.05) is 12.1 Å². The minimum absolute atomic E-state index is 0.0626. The predicted molar refractivity (Wildman–Crippen MR) is 96.0 cm³/mol. The van der Waals surface area contributed by atoms with Gasteiger partial charge in [-0.25, -0.2) is 8.42 Å². The normalized spacial score (nSPS) is 16.8. The number of benzene rings is 1. The molecule has 0 atom stereocenters. The third-order valence-corrected chi connectivity index (χ3v) is 7.34. The summed E-state index contributed by atoms with van der Waals surface area (Å²) in [6.45, 7) is 4.95. The Kier molecular flexibility index (Phi) is 5.27. The number of sulfone groups is 1. The number of carbonyl (C=O) groups excluding carboxylic acids is 1. The SMILES string of the molecule is CC(C)(C)S(=O)(=O)Cc1cccc(NC(=O)CC2(C(=O)O)CCC2)c1. The van der Waals surface area contributed by atoms with Crippen LogP contribution in [0.3, 0.4) is 0 Å². The summed E-state index contributed by atoms with van der Waals surface area (Å²) < 4.78 is 23.8. The summed E-state index contributed by atoms with van der Waals surface area (Å²) in [6.07, 6.45) is 1.78. The van der Waals surface area contributed by atoms with Gasteiger partial charge in [0.2, 0.25) is 5.91 Å². The van der Waals surface area contributed by atoms with E-state index in [4.69, 9.17) is 0 Å². The van der Waals surface area contributed by atoms with Gasteiger partial charge in [-0.3, -0.25) is 9.59 Å². The van der Waals surface area contributed by atoms with Crippen molar-refractivity contribution in [3.63, 3.8) is 0 Å². The number of carbonyl (C=O) groups is 2. The van der Waals surface area contributed by atoms with Crippen LogP contribution >= 0.6 is 0 Å². The third kappa shape index (κ3) is 4.39. The van der Waals surface area contributed by atoms with Crippen LogP contribution in [-0.2, 0) is 25.2 Å². The highest BCUT2D eigenvalue weighted by atomic mass is 32.2. The number of carboxylic acid groups (broad SMARTS) is 1. The maximum Gasteiger partial charge on any atom is 0.310 e. The zero-order valence-electron chi connectivity index (χ0n) is 14.8. The maximum absolute atomic E-state index is 12.3. The molecule has 138 valence electrons. The van der Waals surface area contributed by atoms with Gasteiger partial charge in [-0.15, -0.1) is 0 Å². The lowest BCUT2D eigenvalue weighted by molar-refractivity contribution is -0.157. The predicted octanol–water partition coefficient (Wildman–Crippen LogP) is 2.98. The molecule has 0 bridgehead atoms. The fourth-order valence-corrected chi connectivity index (χ4v) is 3.81. The van der Waals surface area contributed by atoms with Gasteiger partial charge >= 0.3 is 5.97 Å². The van der Waals surface area contributed by atoms with E-state index in [0.29, 0.717) is 24.1 Å². The number of aliphatic carboxylic acids is 1. The highest BCUT2D eigenvalue weighted by molar-refractivity contribution is 7.91. The summed E-state index contributed by atoms with van der Waals surface area (Å²) in [4.78, 5) is 23.5. The van der Waals surface area contributed by atoms with Crippen molar-refractivity contribution in [3.05, 3.63) is 29.8 Å². The molecular weight excluding hydrogens is 342 g/mol. The molecule has 2 N–H and O–H groups in total. The Bertz CT molecular complexity index is 773. The fraction of sp³-hybridized carbons (Fsp3) is 0.556. The molecule has 1 aromatic rings. The zero-order valence-corrected chi connectivity index (χ0v) is 15.6. The van der Waals surface area contributed by atoms with Crippen molar-refractivity contribution in [2.24, 2.45) is 5.41 Å². The first-order valence-corrected chi connectivity index (χ1v) is 9.95. The minimum atomic E-state index is -3.32. The van der Waals surface area contributed by atoms with Crippen LogP contribution in [0.2, 0.25) is 0 Å². The van der Waals surface area contributed by atoms with Crippen LogP contribution < -0.4 is 5.32 Å². The summed E-state index contributed by atoms with van der Waals surface area (Å²) in [5.41, 5.74) is 0.118. The monoisotopic (exact) mass is 367 g/mol. The van der Waals surface area contributed by atoms with Crippen LogP contribution in [0.5, 0.6) is 0 Å². The second kappa shape index (κ2) is 6.78. The van der Waals surface area contributed by atoms with E-state index in [2.05, 4.69) is 5.32 Å². The molecule has 1 saturated carbocycles. The van der Waals surface area contributed by atoms with Gasteiger partial charge in [-0.05, 0) is 51.3 Å². The molecule has 0 saturated heterocycles. The minimum Gasteiger partial charge on any atom is -0.481 e. The standard InChI is InChI=1S/C18H25NO5S/c1-17(2,3)25(23,24)12-13-6-4-7-14(10-13)19-15(20)11-18(16(21)22)8-5-9-18/h4,6-7,10H,5,8-9,11-12H2,1-3H3,(H,19,20)(H,21,22). The molecule has 25 heavy (non-hydrogen) atoms. The molecule has 0 unspecified atom stereocenters. The lowest BCUT2D eigenvalue weighted by atomic mass is 9.66. The van der Waals surface area contributed by atoms with Crippen LogP contribution in [0.15, 0.2) is 24.3 Å². The quantitative estimate of drug-likeness (QED) is 0.805. The largest absolute Gasteiger partial charge is 0.481 e. The first-order valence-electron chi connectivity index (χ1n) is 8.30. The van der Waals surface area contributed by atoms with Gasteiger partial charge in [0.25, 0.3) is 0 Å². The Morgan fingerprint density at radius 2 is 1.88 bits per heavy atom. The molecule has 0 aromatic heterocycles. The van der Waals surface area contributed by atoms with Crippen molar-refractivity contribution in [2.75, 3.05) is 5.32 Å². The number of hydrogen-bond donors (Lipinski definition) is 2. The van der Waals surface area contributed by atoms with Crippen LogP contribution in [0.1, 0.15) is 52.0 Å². The number of hydrogen-bond acceptors (Lipinski definition) is 4. The summed E-state index contributed by atoms with van der Waals surface area (Å²) in [5.74, 6) is -1.41. The van der Waals surface area contributed by atoms with Gasteiger partial charge in [0.15, 0.2) is 9.84 Å². The molecule has 1 fully saturated rings. The van der Waals surface area contributed by atoms with Crippen LogP contribution in [-0.4, -0.2) is 30.1 Å². The van der Waals surface area contributed by atoms with Gasteiger partial charge in [0.05, 0.1) is 15.9 Å². The second-order valence-electron chi connectivity index (χ2n) is 7.74. The van der Waals surface area contributed by atoms with Crippen molar-refractivity contribution >= 4 is 27.4 Å². The van der Waals surface area contributed by atoms with Crippen molar-refractivity contribution in [1.82, 2.24) is 0 Å². The number of amides is 1. The Morgan fingerprint density at radius 1 is 1.24 bits per heavy atom. The molecular formula is C18H25NO5S. The first kappa shape index (κ1) is 19.4. The van der Waals surface area contributed by atoms with Gasteiger partial charge < -0.3 is 10.4 Å². The van der Waals surface area contributed by atoms with Gasteiger partial charge in [-0.2, -0.15) is 0 Å². The Balaban J connectivity index is 2.07. The summed E-state index contributed by atoms with van der Waals surface area (Å²) in [5, 5.41) is 12.0. The van der Waals surface area contributed by atoms with Crippen LogP contribution in [0.4, 0.5) is 5.69 Å². The van der Waals surface area contributed by atoms with Crippen LogP contribution in [0, 0.1) is 5.41 Å². The number of rotatable bonds is 6. The van der Waals surface area contributed by atoms with Gasteiger partial charge in [-0.1, -0.05) is 18.6 Å². The maximum atomic E-state index is 12.3. The molecule has 1 aromatic carbocycles. The molecule has 1 aliphatic carbocycles. The van der Waals surface area contributed by atoms with E-state index in [-0.39, 0.29) is 18.1 Å². The molecule has 7 heteroatoms. The summed E-state index contributed by atoms with van der Waals surface area (Å²) >= 11 is 0. The zero-order chi connectivity index (χ0) is 18.9. The van der Waals surface area contributed by atoms with E-state index >= 15 is 0 Å². The van der Waals surface area contributed by atoms with Crippen molar-refractivity contribution in [2.45, 2.75) is 57.0 Å². The van der Waals surface area contributed by atoms with E-state index in [1.165, 1.54) is 0 Å². The average molecular weight is 367 g/mol. The molecule has 1 aliphatic rings. The Hall–Kier alpha value is -1.89. The highest BCUT2D eigenvalue weighted by Gasteiger charge is 2.45. The molecule has 2 rings (SSSR count). The number of anilines is 1. The van der Waals surface area contributed by atoms with Gasteiger partial charge in [0.1, 0.15) is 0 Å². The third-order valence-electron chi connectivity index (χ3n) is 4.76. The second-order valence-corrected chi connectivity index (χ2v) is 10.5. The topological polar surface area (TPSA) is 101 Å². The molecule has 0 heterocycles. The number of carboxylic acids is 1. The molecule has 0 aliphatic heterocycles. The van der Waals surface area contributed by atoms with E-state index in [1.807, 2.05) is 0 Å². The molecule has 0 radical (unpaired) electrons. The van der Waals surface area contributed by atoms with E-state index in [9.17, 15) is 23.1 Å². The molecule has 1 amide bonds. The lowest BCUT2D eigenvalue weighted by Gasteiger charge is -2.36. The smallest absolute Gasteiger partial charge is 0.310 e. The molecule has 6 nitrogen and oxygen atoms in total. The van der Waals surface area contributed by atoms with Crippen molar-refractivity contribution < 1.29 is 23.1 Å². The Morgan fingerprint density at radius 3 is 2.36 bits per heavy atom. The average Bonchev–Trinajstić information content (AvgIpc) is 2.41. The molecule has 0 spiro atoms. The van der Waals surface area contributed by atoms with Crippen molar-refractivity contribution in [3.8, 4) is 0 Å².